The number of primary sulfonamides is 1. The molecule has 0 aromatic heterocycles. The van der Waals surface area contributed by atoms with Gasteiger partial charge in [0.1, 0.15) is 5.82 Å². The number of hydrogen-bond donors (Lipinski definition) is 1. The van der Waals surface area contributed by atoms with E-state index in [0.717, 1.165) is 12.1 Å². The Bertz CT molecular complexity index is 674. The van der Waals surface area contributed by atoms with Gasteiger partial charge in [-0.15, -0.1) is 0 Å². The quantitative estimate of drug-likeness (QED) is 0.870. The van der Waals surface area contributed by atoms with E-state index < -0.39 is 27.3 Å². The minimum Gasteiger partial charge on any atom is -0.337 e. The van der Waals surface area contributed by atoms with Crippen LogP contribution in [0.5, 0.6) is 0 Å². The van der Waals surface area contributed by atoms with Crippen molar-refractivity contribution in [3.63, 3.8) is 0 Å². The van der Waals surface area contributed by atoms with Crippen LogP contribution in [0.1, 0.15) is 37.6 Å². The van der Waals surface area contributed by atoms with Gasteiger partial charge < -0.3 is 4.90 Å². The fourth-order valence-electron chi connectivity index (χ4n) is 1.60. The predicted octanol–water partition coefficient (Wildman–Crippen LogP) is 2.50. The summed E-state index contributed by atoms with van der Waals surface area (Å²) in [5.74, 6) is -1.41. The van der Waals surface area contributed by atoms with E-state index in [-0.39, 0.29) is 14.9 Å². The van der Waals surface area contributed by atoms with E-state index >= 15 is 0 Å². The van der Waals surface area contributed by atoms with Crippen LogP contribution >= 0.6 is 15.9 Å². The van der Waals surface area contributed by atoms with Crippen molar-refractivity contribution in [2.45, 2.75) is 37.6 Å². The van der Waals surface area contributed by atoms with Crippen LogP contribution in [0.3, 0.4) is 0 Å². The summed E-state index contributed by atoms with van der Waals surface area (Å²) in [7, 11) is -2.51. The lowest BCUT2D eigenvalue weighted by molar-refractivity contribution is 0.0615. The van der Waals surface area contributed by atoms with E-state index in [1.807, 2.05) is 20.8 Å². The summed E-state index contributed by atoms with van der Waals surface area (Å²) in [4.78, 5) is 13.5. The van der Waals surface area contributed by atoms with Crippen LogP contribution in [-0.4, -0.2) is 31.8 Å². The van der Waals surface area contributed by atoms with E-state index in [4.69, 9.17) is 5.14 Å². The molecule has 5 nitrogen and oxygen atoms in total. The molecular formula is C13H18BrFN2O3S. The number of carbonyl (C=O) groups excluding carboxylic acids is 1. The maximum Gasteiger partial charge on any atom is 0.257 e. The van der Waals surface area contributed by atoms with Gasteiger partial charge in [0.15, 0.2) is 0 Å². The molecule has 0 spiro atoms. The Hall–Kier alpha value is -0.990. The van der Waals surface area contributed by atoms with Crippen molar-refractivity contribution >= 4 is 31.9 Å². The van der Waals surface area contributed by atoms with Gasteiger partial charge in [-0.3, -0.25) is 4.79 Å². The monoisotopic (exact) mass is 380 g/mol. The van der Waals surface area contributed by atoms with Crippen LogP contribution in [-0.2, 0) is 10.0 Å². The van der Waals surface area contributed by atoms with Gasteiger partial charge in [-0.05, 0) is 48.3 Å². The van der Waals surface area contributed by atoms with Crippen molar-refractivity contribution in [3.8, 4) is 0 Å². The standard InChI is InChI=1S/C13H18BrFN2O3S/c1-5-13(2,3)17(4)12(18)8-6-11(21(16,19)20)9(14)7-10(8)15/h6-7H,5H2,1-4H3,(H2,16,19,20). The second-order valence-corrected chi connectivity index (χ2v) is 7.72. The highest BCUT2D eigenvalue weighted by Gasteiger charge is 2.29. The molecule has 0 fully saturated rings. The van der Waals surface area contributed by atoms with E-state index in [0.29, 0.717) is 6.42 Å². The molecule has 21 heavy (non-hydrogen) atoms. The van der Waals surface area contributed by atoms with Gasteiger partial charge in [-0.2, -0.15) is 0 Å². The first-order chi connectivity index (χ1) is 9.41. The lowest BCUT2D eigenvalue weighted by Gasteiger charge is -2.35. The van der Waals surface area contributed by atoms with Gasteiger partial charge in [0.2, 0.25) is 10.0 Å². The molecule has 0 unspecified atom stereocenters. The van der Waals surface area contributed by atoms with Crippen LogP contribution in [0, 0.1) is 5.82 Å². The molecule has 1 aromatic carbocycles. The van der Waals surface area contributed by atoms with Gasteiger partial charge in [0.25, 0.3) is 5.91 Å². The molecule has 0 radical (unpaired) electrons. The topological polar surface area (TPSA) is 80.5 Å². The summed E-state index contributed by atoms with van der Waals surface area (Å²) in [5, 5.41) is 5.06. The number of benzene rings is 1. The summed E-state index contributed by atoms with van der Waals surface area (Å²) in [6, 6.07) is 1.89. The Kier molecular flexibility index (Phi) is 5.18. The number of sulfonamides is 1. The van der Waals surface area contributed by atoms with Crippen molar-refractivity contribution in [2.24, 2.45) is 5.14 Å². The lowest BCUT2D eigenvalue weighted by atomic mass is 9.99. The molecule has 0 saturated heterocycles. The van der Waals surface area contributed by atoms with Gasteiger partial charge in [0, 0.05) is 17.1 Å². The first-order valence-electron chi connectivity index (χ1n) is 6.22. The number of halogens is 2. The van der Waals surface area contributed by atoms with Crippen molar-refractivity contribution < 1.29 is 17.6 Å². The van der Waals surface area contributed by atoms with E-state index in [1.165, 1.54) is 4.90 Å². The highest BCUT2D eigenvalue weighted by Crippen LogP contribution is 2.27. The second kappa shape index (κ2) is 6.02. The van der Waals surface area contributed by atoms with Crippen LogP contribution in [0.2, 0.25) is 0 Å². The van der Waals surface area contributed by atoms with Gasteiger partial charge in [-0.1, -0.05) is 6.92 Å². The summed E-state index contributed by atoms with van der Waals surface area (Å²) < 4.78 is 36.9. The van der Waals surface area contributed by atoms with E-state index in [9.17, 15) is 17.6 Å². The van der Waals surface area contributed by atoms with Crippen LogP contribution < -0.4 is 5.14 Å². The minimum absolute atomic E-state index is 0.0172. The summed E-state index contributed by atoms with van der Waals surface area (Å²) in [6.45, 7) is 5.57. The zero-order valence-corrected chi connectivity index (χ0v) is 14.7. The molecule has 0 heterocycles. The molecule has 1 rings (SSSR count). The number of nitrogens with two attached hydrogens (primary N) is 1. The largest absolute Gasteiger partial charge is 0.337 e. The maximum atomic E-state index is 14.0. The van der Waals surface area contributed by atoms with Crippen LogP contribution in [0.15, 0.2) is 21.5 Å². The van der Waals surface area contributed by atoms with Gasteiger partial charge >= 0.3 is 0 Å². The van der Waals surface area contributed by atoms with Crippen LogP contribution in [0.25, 0.3) is 0 Å². The average Bonchev–Trinajstić information content (AvgIpc) is 2.35. The molecule has 8 heteroatoms. The fourth-order valence-corrected chi connectivity index (χ4v) is 3.21. The summed E-state index contributed by atoms with van der Waals surface area (Å²) in [6.07, 6.45) is 0.662. The summed E-state index contributed by atoms with van der Waals surface area (Å²) in [5.41, 5.74) is -0.815. The van der Waals surface area contributed by atoms with E-state index in [2.05, 4.69) is 15.9 Å². The molecule has 118 valence electrons. The van der Waals surface area contributed by atoms with Crippen molar-refractivity contribution in [1.82, 2.24) is 4.90 Å². The normalized spacial score (nSPS) is 12.3. The number of carbonyl (C=O) groups is 1. The van der Waals surface area contributed by atoms with Gasteiger partial charge in [-0.25, -0.2) is 17.9 Å². The highest BCUT2D eigenvalue weighted by atomic mass is 79.9. The molecule has 0 atom stereocenters. The molecule has 1 aromatic rings. The maximum absolute atomic E-state index is 14.0. The molecule has 1 amide bonds. The van der Waals surface area contributed by atoms with Crippen molar-refractivity contribution in [2.75, 3.05) is 7.05 Å². The predicted molar refractivity (Wildman–Crippen MR) is 81.9 cm³/mol. The highest BCUT2D eigenvalue weighted by molar-refractivity contribution is 9.10. The lowest BCUT2D eigenvalue weighted by Crippen LogP contribution is -2.44. The third-order valence-corrected chi connectivity index (χ3v) is 5.51. The molecular weight excluding hydrogens is 363 g/mol. The number of hydrogen-bond acceptors (Lipinski definition) is 3. The molecule has 0 aliphatic heterocycles. The smallest absolute Gasteiger partial charge is 0.257 e. The Morgan fingerprint density at radius 2 is 1.95 bits per heavy atom. The Labute approximate surface area is 132 Å². The zero-order chi connectivity index (χ0) is 16.6. The summed E-state index contributed by atoms with van der Waals surface area (Å²) >= 11 is 2.93. The Balaban J connectivity index is 3.41. The Morgan fingerprint density at radius 3 is 2.38 bits per heavy atom. The SMILES string of the molecule is CCC(C)(C)N(C)C(=O)c1cc(S(N)(=O)=O)c(Br)cc1F. The third kappa shape index (κ3) is 3.81. The number of rotatable bonds is 4. The van der Waals surface area contributed by atoms with Gasteiger partial charge in [0.05, 0.1) is 10.5 Å². The minimum atomic E-state index is -4.06. The average molecular weight is 381 g/mol. The molecule has 2 N–H and O–H groups in total. The molecule has 0 bridgehead atoms. The molecule has 0 aliphatic rings. The molecule has 0 saturated carbocycles. The van der Waals surface area contributed by atoms with E-state index in [1.54, 1.807) is 7.05 Å². The first-order valence-corrected chi connectivity index (χ1v) is 8.55. The third-order valence-electron chi connectivity index (χ3n) is 3.64. The van der Waals surface area contributed by atoms with Crippen molar-refractivity contribution in [3.05, 3.63) is 28.0 Å². The molecule has 0 aliphatic carbocycles. The zero-order valence-electron chi connectivity index (χ0n) is 12.3. The van der Waals surface area contributed by atoms with Crippen LogP contribution in [0.4, 0.5) is 4.39 Å². The number of amides is 1. The Morgan fingerprint density at radius 1 is 1.43 bits per heavy atom. The fraction of sp³-hybridized carbons (Fsp3) is 0.462. The first kappa shape index (κ1) is 18.1. The number of nitrogens with zero attached hydrogens (tertiary/aromatic N) is 1. The second-order valence-electron chi connectivity index (χ2n) is 5.34. The van der Waals surface area contributed by atoms with Crippen molar-refractivity contribution in [1.29, 1.82) is 0 Å².